The molecule has 23 heavy (non-hydrogen) atoms. The van der Waals surface area contributed by atoms with Crippen molar-refractivity contribution >= 4 is 29.3 Å². The van der Waals surface area contributed by atoms with Crippen molar-refractivity contribution in [3.05, 3.63) is 34.9 Å². The van der Waals surface area contributed by atoms with Gasteiger partial charge < -0.3 is 5.32 Å². The van der Waals surface area contributed by atoms with Gasteiger partial charge >= 0.3 is 0 Å². The number of halogens is 1. The van der Waals surface area contributed by atoms with E-state index < -0.39 is 0 Å². The number of likely N-dealkylation sites (tertiary alicyclic amines) is 1. The van der Waals surface area contributed by atoms with E-state index in [0.29, 0.717) is 5.02 Å². The molecule has 0 unspecified atom stereocenters. The molecule has 122 valence electrons. The maximum Gasteiger partial charge on any atom is 0.240 e. The molecule has 3 amide bonds. The molecule has 1 aliphatic heterocycles. The molecule has 2 fully saturated rings. The van der Waals surface area contributed by atoms with E-state index in [9.17, 15) is 14.4 Å². The molecular weight excluding hydrogens is 316 g/mol. The summed E-state index contributed by atoms with van der Waals surface area (Å²) in [5, 5.41) is 3.30. The normalized spacial score (nSPS) is 23.8. The van der Waals surface area contributed by atoms with E-state index in [0.717, 1.165) is 36.1 Å². The van der Waals surface area contributed by atoms with Crippen molar-refractivity contribution in [2.45, 2.75) is 32.2 Å². The van der Waals surface area contributed by atoms with Crippen molar-refractivity contribution in [1.82, 2.24) is 10.2 Å². The van der Waals surface area contributed by atoms with Crippen LogP contribution in [0.2, 0.25) is 5.02 Å². The highest BCUT2D eigenvalue weighted by atomic mass is 35.5. The van der Waals surface area contributed by atoms with Gasteiger partial charge in [0.05, 0.1) is 11.8 Å². The van der Waals surface area contributed by atoms with Crippen molar-refractivity contribution in [1.29, 1.82) is 0 Å². The second kappa shape index (κ2) is 6.71. The van der Waals surface area contributed by atoms with E-state index in [1.54, 1.807) is 6.07 Å². The van der Waals surface area contributed by atoms with Crippen LogP contribution in [-0.2, 0) is 20.9 Å². The van der Waals surface area contributed by atoms with Crippen LogP contribution in [0, 0.1) is 11.8 Å². The summed E-state index contributed by atoms with van der Waals surface area (Å²) in [6.45, 7) is 0.0801. The number of hydrogen-bond donors (Lipinski definition) is 1. The number of amides is 3. The van der Waals surface area contributed by atoms with Gasteiger partial charge in [-0.3, -0.25) is 19.3 Å². The molecule has 6 heteroatoms. The van der Waals surface area contributed by atoms with Crippen LogP contribution in [0.4, 0.5) is 0 Å². The van der Waals surface area contributed by atoms with E-state index in [4.69, 9.17) is 11.6 Å². The lowest BCUT2D eigenvalue weighted by Crippen LogP contribution is -2.40. The van der Waals surface area contributed by atoms with Crippen molar-refractivity contribution < 1.29 is 14.4 Å². The van der Waals surface area contributed by atoms with E-state index in [2.05, 4.69) is 5.32 Å². The Morgan fingerprint density at radius 3 is 2.35 bits per heavy atom. The zero-order valence-electron chi connectivity index (χ0n) is 12.8. The van der Waals surface area contributed by atoms with Gasteiger partial charge in [0.15, 0.2) is 0 Å². The van der Waals surface area contributed by atoms with Crippen molar-refractivity contribution in [3.63, 3.8) is 0 Å². The lowest BCUT2D eigenvalue weighted by atomic mass is 9.81. The molecule has 2 atom stereocenters. The second-order valence-corrected chi connectivity index (χ2v) is 6.54. The van der Waals surface area contributed by atoms with Gasteiger partial charge in [-0.05, 0) is 24.5 Å². The molecule has 5 nitrogen and oxygen atoms in total. The van der Waals surface area contributed by atoms with Crippen LogP contribution in [0.3, 0.4) is 0 Å². The van der Waals surface area contributed by atoms with Gasteiger partial charge in [0, 0.05) is 11.6 Å². The number of imide groups is 1. The van der Waals surface area contributed by atoms with Gasteiger partial charge in [0.25, 0.3) is 0 Å². The molecule has 2 aliphatic rings. The number of carbonyl (C=O) groups is 3. The fourth-order valence-corrected chi connectivity index (χ4v) is 3.62. The second-order valence-electron chi connectivity index (χ2n) is 6.13. The molecule has 1 saturated heterocycles. The zero-order valence-corrected chi connectivity index (χ0v) is 13.5. The highest BCUT2D eigenvalue weighted by molar-refractivity contribution is 6.31. The highest BCUT2D eigenvalue weighted by Gasteiger charge is 2.48. The maximum atomic E-state index is 12.3. The largest absolute Gasteiger partial charge is 0.350 e. The molecular formula is C17H19ClN2O3. The Morgan fingerprint density at radius 1 is 1.13 bits per heavy atom. The Bertz CT molecular complexity index is 622. The summed E-state index contributed by atoms with van der Waals surface area (Å²) in [5.41, 5.74) is 0.801. The standard InChI is InChI=1S/C17H19ClN2O3/c18-14-8-4-1-5-11(14)9-19-15(21)10-20-16(22)12-6-2-3-7-13(12)17(20)23/h1,4-5,8,12-13H,2-3,6-7,9-10H2,(H,19,21)/t12-,13+. The fourth-order valence-electron chi connectivity index (χ4n) is 3.42. The summed E-state index contributed by atoms with van der Waals surface area (Å²) in [7, 11) is 0. The first kappa shape index (κ1) is 16.0. The molecule has 1 N–H and O–H groups in total. The Labute approximate surface area is 140 Å². The topological polar surface area (TPSA) is 66.5 Å². The van der Waals surface area contributed by atoms with Crippen molar-refractivity contribution in [2.24, 2.45) is 11.8 Å². The van der Waals surface area contributed by atoms with Crippen LogP contribution >= 0.6 is 11.6 Å². The third kappa shape index (κ3) is 3.24. The molecule has 1 heterocycles. The first-order chi connectivity index (χ1) is 11.1. The summed E-state index contributed by atoms with van der Waals surface area (Å²) >= 11 is 6.04. The van der Waals surface area contributed by atoms with Crippen LogP contribution in [-0.4, -0.2) is 29.2 Å². The summed E-state index contributed by atoms with van der Waals surface area (Å²) < 4.78 is 0. The Kier molecular flexibility index (Phi) is 4.66. The first-order valence-corrected chi connectivity index (χ1v) is 8.31. The van der Waals surface area contributed by atoms with E-state index >= 15 is 0 Å². The smallest absolute Gasteiger partial charge is 0.240 e. The zero-order chi connectivity index (χ0) is 16.4. The minimum Gasteiger partial charge on any atom is -0.350 e. The number of nitrogens with zero attached hydrogens (tertiary/aromatic N) is 1. The molecule has 0 spiro atoms. The fraction of sp³-hybridized carbons (Fsp3) is 0.471. The predicted molar refractivity (Wildman–Crippen MR) is 85.5 cm³/mol. The SMILES string of the molecule is O=C(CN1C(=O)[C@H]2CCCC[C@H]2C1=O)NCc1ccccc1Cl. The number of nitrogens with one attached hydrogen (secondary N) is 1. The van der Waals surface area contributed by atoms with Gasteiger partial charge in [0.2, 0.25) is 17.7 Å². The summed E-state index contributed by atoms with van der Waals surface area (Å²) in [6.07, 6.45) is 3.47. The summed E-state index contributed by atoms with van der Waals surface area (Å²) in [4.78, 5) is 37.8. The lowest BCUT2D eigenvalue weighted by Gasteiger charge is -2.19. The van der Waals surface area contributed by atoms with Gasteiger partial charge in [-0.2, -0.15) is 0 Å². The Hall–Kier alpha value is -1.88. The number of hydrogen-bond acceptors (Lipinski definition) is 3. The summed E-state index contributed by atoms with van der Waals surface area (Å²) in [5.74, 6) is -1.15. The van der Waals surface area contributed by atoms with Gasteiger partial charge in [-0.25, -0.2) is 0 Å². The Balaban J connectivity index is 1.58. The summed E-state index contributed by atoms with van der Waals surface area (Å²) in [6, 6.07) is 7.23. The molecule has 0 bridgehead atoms. The van der Waals surface area contributed by atoms with Crippen LogP contribution in [0.25, 0.3) is 0 Å². The van der Waals surface area contributed by atoms with Crippen LogP contribution < -0.4 is 5.32 Å². The minimum atomic E-state index is -0.342. The van der Waals surface area contributed by atoms with Gasteiger partial charge in [0.1, 0.15) is 6.54 Å². The quantitative estimate of drug-likeness (QED) is 0.858. The number of rotatable bonds is 4. The molecule has 1 saturated carbocycles. The van der Waals surface area contributed by atoms with Crippen molar-refractivity contribution in [3.8, 4) is 0 Å². The van der Waals surface area contributed by atoms with Crippen molar-refractivity contribution in [2.75, 3.05) is 6.54 Å². The minimum absolute atomic E-state index is 0.187. The maximum absolute atomic E-state index is 12.3. The molecule has 1 aromatic rings. The lowest BCUT2D eigenvalue weighted by molar-refractivity contribution is -0.143. The molecule has 0 aromatic heterocycles. The number of carbonyl (C=O) groups excluding carboxylic acids is 3. The molecule has 3 rings (SSSR count). The molecule has 1 aliphatic carbocycles. The van der Waals surface area contributed by atoms with Crippen LogP contribution in [0.15, 0.2) is 24.3 Å². The average Bonchev–Trinajstić information content (AvgIpc) is 2.80. The van der Waals surface area contributed by atoms with E-state index in [1.165, 1.54) is 0 Å². The number of benzene rings is 1. The number of fused-ring (bicyclic) bond motifs is 1. The monoisotopic (exact) mass is 334 g/mol. The van der Waals surface area contributed by atoms with Gasteiger partial charge in [-0.1, -0.05) is 42.6 Å². The van der Waals surface area contributed by atoms with Gasteiger partial charge in [-0.15, -0.1) is 0 Å². The Morgan fingerprint density at radius 2 is 1.74 bits per heavy atom. The van der Waals surface area contributed by atoms with Crippen LogP contribution in [0.1, 0.15) is 31.2 Å². The third-order valence-corrected chi connectivity index (χ3v) is 5.04. The highest BCUT2D eigenvalue weighted by Crippen LogP contribution is 2.37. The molecule has 0 radical (unpaired) electrons. The van der Waals surface area contributed by atoms with E-state index in [-0.39, 0.29) is 42.6 Å². The third-order valence-electron chi connectivity index (χ3n) is 4.67. The van der Waals surface area contributed by atoms with E-state index in [1.807, 2.05) is 18.2 Å². The molecule has 1 aromatic carbocycles. The first-order valence-electron chi connectivity index (χ1n) is 7.93. The average molecular weight is 335 g/mol. The predicted octanol–water partition coefficient (Wildman–Crippen LogP) is 2.13. The van der Waals surface area contributed by atoms with Crippen LogP contribution in [0.5, 0.6) is 0 Å².